The molecule has 2 aromatic rings. The van der Waals surface area contributed by atoms with Gasteiger partial charge in [-0.25, -0.2) is 0 Å². The van der Waals surface area contributed by atoms with Crippen molar-refractivity contribution in [2.45, 2.75) is 39.5 Å². The molecule has 0 amide bonds. The molecule has 23 heavy (non-hydrogen) atoms. The van der Waals surface area contributed by atoms with Gasteiger partial charge in [0.15, 0.2) is 14.2 Å². The van der Waals surface area contributed by atoms with Crippen molar-refractivity contribution in [3.63, 3.8) is 0 Å². The summed E-state index contributed by atoms with van der Waals surface area (Å²) in [6.45, 7) is 6.06. The fourth-order valence-electron chi connectivity index (χ4n) is 3.24. The van der Waals surface area contributed by atoms with Gasteiger partial charge in [0.2, 0.25) is 0 Å². The van der Waals surface area contributed by atoms with Crippen LogP contribution in [0.1, 0.15) is 51.4 Å². The Kier molecular flexibility index (Phi) is 6.24. The van der Waals surface area contributed by atoms with Crippen LogP contribution in [0.5, 0.6) is 0 Å². The molecule has 0 bridgehead atoms. The average Bonchev–Trinajstić information content (AvgIpc) is 2.51. The molecule has 2 rings (SSSR count). The highest BCUT2D eigenvalue weighted by molar-refractivity contribution is 7.23. The third kappa shape index (κ3) is 4.36. The van der Waals surface area contributed by atoms with Crippen molar-refractivity contribution in [3.8, 4) is 0 Å². The van der Waals surface area contributed by atoms with E-state index in [1.165, 1.54) is 5.56 Å². The fourth-order valence-corrected chi connectivity index (χ4v) is 3.55. The summed E-state index contributed by atoms with van der Waals surface area (Å²) in [7, 11) is 0.150. The maximum Gasteiger partial charge on any atom is 0.170 e. The van der Waals surface area contributed by atoms with Gasteiger partial charge in [0, 0.05) is 17.6 Å². The summed E-state index contributed by atoms with van der Waals surface area (Å²) < 4.78 is 10.7. The number of Topliss-reactive ketones (excluding diaryl/α,β-unsaturated/α-hetero) is 1. The molecule has 0 spiro atoms. The Morgan fingerprint density at radius 3 is 2.22 bits per heavy atom. The van der Waals surface area contributed by atoms with Crippen molar-refractivity contribution in [1.82, 2.24) is 0 Å². The molecule has 1 unspecified atom stereocenters. The van der Waals surface area contributed by atoms with E-state index in [1.54, 1.807) is 0 Å². The van der Waals surface area contributed by atoms with Crippen LogP contribution in [0.3, 0.4) is 0 Å². The van der Waals surface area contributed by atoms with E-state index in [0.29, 0.717) is 6.16 Å². The maximum absolute atomic E-state index is 13.2. The van der Waals surface area contributed by atoms with Crippen LogP contribution >= 0.6 is 8.46 Å². The number of hydrogen-bond acceptors (Lipinski definition) is 2. The Labute approximate surface area is 140 Å². The van der Waals surface area contributed by atoms with Crippen LogP contribution in [0.2, 0.25) is 0 Å². The molecular formula is C20H23O2P. The Morgan fingerprint density at radius 1 is 1.04 bits per heavy atom. The zero-order valence-electron chi connectivity index (χ0n) is 14.0. The van der Waals surface area contributed by atoms with E-state index in [2.05, 4.69) is 19.1 Å². The van der Waals surface area contributed by atoms with Crippen LogP contribution in [-0.2, 0) is 4.57 Å². The van der Waals surface area contributed by atoms with Crippen molar-refractivity contribution in [2.24, 2.45) is 0 Å². The zero-order chi connectivity index (χ0) is 16.8. The second kappa shape index (κ2) is 8.17. The van der Waals surface area contributed by atoms with Gasteiger partial charge in [-0.05, 0) is 50.3 Å². The third-order valence-corrected chi connectivity index (χ3v) is 4.68. The highest BCUT2D eigenvalue weighted by Gasteiger charge is 2.24. The third-order valence-electron chi connectivity index (χ3n) is 4.18. The molecule has 0 aliphatic heterocycles. The first-order valence-corrected chi connectivity index (χ1v) is 9.00. The van der Waals surface area contributed by atoms with Gasteiger partial charge in [0.1, 0.15) is 0 Å². The molecule has 0 radical (unpaired) electrons. The Bertz CT molecular complexity index is 669. The summed E-state index contributed by atoms with van der Waals surface area (Å²) in [5.41, 5.74) is 5.13. The summed E-state index contributed by atoms with van der Waals surface area (Å²) in [4.78, 5) is 13.2. The molecule has 0 heterocycles. The number of rotatable bonds is 7. The number of carbonyl (C=O) groups is 1. The first kappa shape index (κ1) is 17.6. The lowest BCUT2D eigenvalue weighted by Gasteiger charge is -2.19. The monoisotopic (exact) mass is 326 g/mol. The molecule has 2 nitrogen and oxygen atoms in total. The van der Waals surface area contributed by atoms with Gasteiger partial charge in [-0.3, -0.25) is 9.36 Å². The number of hydrogen-bond donors (Lipinski definition) is 0. The van der Waals surface area contributed by atoms with Crippen LogP contribution in [0.4, 0.5) is 0 Å². The second-order valence-electron chi connectivity index (χ2n) is 6.10. The van der Waals surface area contributed by atoms with Crippen LogP contribution in [0.15, 0.2) is 42.5 Å². The lowest BCUT2D eigenvalue weighted by atomic mass is 9.84. The summed E-state index contributed by atoms with van der Waals surface area (Å²) >= 11 is 0. The summed E-state index contributed by atoms with van der Waals surface area (Å²) in [5, 5.41) is 0. The average molecular weight is 326 g/mol. The number of benzene rings is 2. The number of ketones is 1. The lowest BCUT2D eigenvalue weighted by molar-refractivity contribution is 0.0953. The summed E-state index contributed by atoms with van der Waals surface area (Å²) in [6.07, 6.45) is 2.10. The van der Waals surface area contributed by atoms with Crippen LogP contribution in [-0.4, -0.2) is 11.9 Å². The molecule has 0 aliphatic carbocycles. The topological polar surface area (TPSA) is 34.1 Å². The van der Waals surface area contributed by atoms with E-state index in [1.807, 2.05) is 44.2 Å². The normalized spacial score (nSPS) is 12.3. The van der Waals surface area contributed by atoms with Crippen molar-refractivity contribution in [1.29, 1.82) is 0 Å². The van der Waals surface area contributed by atoms with Crippen molar-refractivity contribution in [2.75, 3.05) is 6.16 Å². The van der Waals surface area contributed by atoms with Gasteiger partial charge < -0.3 is 0 Å². The highest BCUT2D eigenvalue weighted by atomic mass is 31.1. The molecule has 0 N–H and O–H groups in total. The van der Waals surface area contributed by atoms with Crippen LogP contribution < -0.4 is 0 Å². The minimum absolute atomic E-state index is 0.150. The molecular weight excluding hydrogens is 303 g/mol. The van der Waals surface area contributed by atoms with E-state index in [9.17, 15) is 9.36 Å². The molecule has 0 saturated carbocycles. The van der Waals surface area contributed by atoms with Gasteiger partial charge in [0.25, 0.3) is 0 Å². The molecule has 2 aromatic carbocycles. The Hall–Kier alpha value is -1.79. The zero-order valence-corrected chi connectivity index (χ0v) is 14.9. The smallest absolute Gasteiger partial charge is 0.170 e. The minimum Gasteiger partial charge on any atom is -0.293 e. The summed E-state index contributed by atoms with van der Waals surface area (Å²) in [5.74, 6) is 0.00632. The molecule has 0 saturated heterocycles. The first-order chi connectivity index (χ1) is 11.0. The van der Waals surface area contributed by atoms with Gasteiger partial charge in [-0.2, -0.15) is 0 Å². The van der Waals surface area contributed by atoms with Gasteiger partial charge >= 0.3 is 0 Å². The highest BCUT2D eigenvalue weighted by Crippen LogP contribution is 2.29. The number of aryl methyl sites for hydroxylation is 3. The minimum atomic E-state index is -0.168. The van der Waals surface area contributed by atoms with E-state index < -0.39 is 0 Å². The molecule has 1 atom stereocenters. The van der Waals surface area contributed by atoms with Gasteiger partial charge in [-0.1, -0.05) is 48.0 Å². The number of carbonyl (C=O) groups excluding carboxylic acids is 1. The largest absolute Gasteiger partial charge is 0.293 e. The predicted molar refractivity (Wildman–Crippen MR) is 95.9 cm³/mol. The molecule has 120 valence electrons. The standard InChI is InChI=1S/C20H23O2P/c1-14-12-15(2)19(16(3)13-14)20(21)18(10-7-11-23-22)17-8-5-4-6-9-17/h4-6,8-9,12-13,18H,7,10-11H2,1-3H3. The van der Waals surface area contributed by atoms with Crippen molar-refractivity contribution < 1.29 is 9.36 Å². The first-order valence-electron chi connectivity index (χ1n) is 8.00. The van der Waals surface area contributed by atoms with Crippen LogP contribution in [0, 0.1) is 20.8 Å². The fraction of sp³-hybridized carbons (Fsp3) is 0.350. The van der Waals surface area contributed by atoms with Gasteiger partial charge in [0.05, 0.1) is 0 Å². The van der Waals surface area contributed by atoms with Crippen molar-refractivity contribution >= 4 is 14.2 Å². The SMILES string of the molecule is Cc1cc(C)c(C(=O)C(CCCP=O)c2ccccc2)c(C)c1. The second-order valence-corrected chi connectivity index (χ2v) is 6.80. The molecule has 0 aliphatic rings. The molecule has 3 heteroatoms. The van der Waals surface area contributed by atoms with E-state index in [0.717, 1.165) is 35.1 Å². The van der Waals surface area contributed by atoms with Crippen molar-refractivity contribution in [3.05, 3.63) is 70.3 Å². The van der Waals surface area contributed by atoms with E-state index >= 15 is 0 Å². The van der Waals surface area contributed by atoms with E-state index in [-0.39, 0.29) is 20.2 Å². The van der Waals surface area contributed by atoms with Crippen LogP contribution in [0.25, 0.3) is 0 Å². The molecule has 0 aromatic heterocycles. The Morgan fingerprint density at radius 2 is 1.65 bits per heavy atom. The quantitative estimate of drug-likeness (QED) is 0.374. The maximum atomic E-state index is 13.2. The molecule has 0 fully saturated rings. The summed E-state index contributed by atoms with van der Waals surface area (Å²) in [6, 6.07) is 14.1. The van der Waals surface area contributed by atoms with Gasteiger partial charge in [-0.15, -0.1) is 0 Å². The van der Waals surface area contributed by atoms with E-state index in [4.69, 9.17) is 0 Å². The Balaban J connectivity index is 2.39. The predicted octanol–water partition coefficient (Wildman–Crippen LogP) is 5.65. The lowest BCUT2D eigenvalue weighted by Crippen LogP contribution is -2.16.